The highest BCUT2D eigenvalue weighted by atomic mass is 15.1. The van der Waals surface area contributed by atoms with E-state index in [1.54, 1.807) is 5.57 Å². The van der Waals surface area contributed by atoms with Crippen LogP contribution >= 0.6 is 0 Å². The van der Waals surface area contributed by atoms with Gasteiger partial charge in [-0.3, -0.25) is 4.90 Å². The molecule has 0 spiro atoms. The molecule has 1 aliphatic rings. The van der Waals surface area contributed by atoms with E-state index in [0.29, 0.717) is 0 Å². The Morgan fingerprint density at radius 1 is 0.944 bits per heavy atom. The minimum absolute atomic E-state index is 1.26. The Balaban J connectivity index is 2.29. The van der Waals surface area contributed by atoms with Crippen LogP contribution in [0, 0.1) is 0 Å². The second-order valence-corrected chi connectivity index (χ2v) is 5.80. The average Bonchev–Trinajstić information content (AvgIpc) is 2.41. The van der Waals surface area contributed by atoms with Gasteiger partial charge in [0.05, 0.1) is 0 Å². The maximum Gasteiger partial charge on any atom is 0.0192 e. The fraction of sp³-hybridized carbons (Fsp3) is 0.882. The second kappa shape index (κ2) is 10.6. The van der Waals surface area contributed by atoms with E-state index >= 15 is 0 Å². The number of likely N-dealkylation sites (tertiary alicyclic amines) is 1. The van der Waals surface area contributed by atoms with Gasteiger partial charge in [-0.1, -0.05) is 57.6 Å². The Morgan fingerprint density at radius 2 is 1.72 bits per heavy atom. The molecule has 1 aliphatic heterocycles. The molecule has 0 bridgehead atoms. The fourth-order valence-corrected chi connectivity index (χ4v) is 2.78. The monoisotopic (exact) mass is 251 g/mol. The molecule has 1 saturated heterocycles. The summed E-state index contributed by atoms with van der Waals surface area (Å²) in [4.78, 5) is 2.67. The molecule has 1 heterocycles. The van der Waals surface area contributed by atoms with Crippen molar-refractivity contribution in [1.29, 1.82) is 0 Å². The summed E-state index contributed by atoms with van der Waals surface area (Å²) in [6.45, 7) is 8.50. The van der Waals surface area contributed by atoms with Gasteiger partial charge in [-0.15, -0.1) is 0 Å². The Bertz CT molecular complexity index is 214. The van der Waals surface area contributed by atoms with Gasteiger partial charge in [0.25, 0.3) is 0 Å². The lowest BCUT2D eigenvalue weighted by atomic mass is 10.0. The number of hydrogen-bond acceptors (Lipinski definition) is 1. The highest BCUT2D eigenvalue weighted by Gasteiger charge is 2.11. The van der Waals surface area contributed by atoms with Crippen molar-refractivity contribution in [2.24, 2.45) is 0 Å². The van der Waals surface area contributed by atoms with E-state index in [-0.39, 0.29) is 0 Å². The van der Waals surface area contributed by atoms with Gasteiger partial charge < -0.3 is 0 Å². The molecule has 0 aromatic rings. The van der Waals surface area contributed by atoms with Crippen molar-refractivity contribution in [2.45, 2.75) is 78.1 Å². The van der Waals surface area contributed by atoms with Gasteiger partial charge in [0, 0.05) is 6.54 Å². The van der Waals surface area contributed by atoms with Gasteiger partial charge >= 0.3 is 0 Å². The predicted molar refractivity (Wildman–Crippen MR) is 82.0 cm³/mol. The van der Waals surface area contributed by atoms with E-state index in [2.05, 4.69) is 24.8 Å². The first-order valence-corrected chi connectivity index (χ1v) is 8.27. The van der Waals surface area contributed by atoms with Crippen LogP contribution in [0.15, 0.2) is 11.6 Å². The average molecular weight is 251 g/mol. The summed E-state index contributed by atoms with van der Waals surface area (Å²) in [6.07, 6.45) is 16.3. The molecular weight excluding hydrogens is 218 g/mol. The molecule has 18 heavy (non-hydrogen) atoms. The van der Waals surface area contributed by atoms with Gasteiger partial charge in [0.2, 0.25) is 0 Å². The Kier molecular flexibility index (Phi) is 9.28. The van der Waals surface area contributed by atoms with Crippen molar-refractivity contribution in [3.8, 4) is 0 Å². The van der Waals surface area contributed by atoms with E-state index < -0.39 is 0 Å². The summed E-state index contributed by atoms with van der Waals surface area (Å²) in [5.74, 6) is 0. The molecule has 1 fully saturated rings. The maximum absolute atomic E-state index is 2.67. The van der Waals surface area contributed by atoms with Crippen LogP contribution in [-0.2, 0) is 0 Å². The molecule has 0 N–H and O–H groups in total. The topological polar surface area (TPSA) is 3.24 Å². The first-order chi connectivity index (χ1) is 8.86. The van der Waals surface area contributed by atoms with Crippen LogP contribution in [0.1, 0.15) is 78.1 Å². The Morgan fingerprint density at radius 3 is 2.39 bits per heavy atom. The van der Waals surface area contributed by atoms with Gasteiger partial charge in [-0.05, 0) is 45.2 Å². The lowest BCUT2D eigenvalue weighted by Crippen LogP contribution is -2.31. The van der Waals surface area contributed by atoms with E-state index in [9.17, 15) is 0 Å². The third kappa shape index (κ3) is 7.20. The molecule has 0 aromatic carbocycles. The summed E-state index contributed by atoms with van der Waals surface area (Å²) in [5.41, 5.74) is 1.72. The van der Waals surface area contributed by atoms with Crippen molar-refractivity contribution in [1.82, 2.24) is 4.90 Å². The molecule has 1 heteroatoms. The SMILES string of the molecule is CCC/C=C(\CCCCCC)CN1CCCCC1. The smallest absolute Gasteiger partial charge is 0.0192 e. The van der Waals surface area contributed by atoms with E-state index in [4.69, 9.17) is 0 Å². The lowest BCUT2D eigenvalue weighted by Gasteiger charge is -2.27. The molecule has 0 saturated carbocycles. The number of allylic oxidation sites excluding steroid dienone is 1. The predicted octanol–water partition coefficient (Wildman–Crippen LogP) is 5.17. The van der Waals surface area contributed by atoms with Crippen molar-refractivity contribution in [3.63, 3.8) is 0 Å². The van der Waals surface area contributed by atoms with E-state index in [1.165, 1.54) is 83.8 Å². The largest absolute Gasteiger partial charge is 0.299 e. The van der Waals surface area contributed by atoms with Gasteiger partial charge in [-0.25, -0.2) is 0 Å². The van der Waals surface area contributed by atoms with Gasteiger partial charge in [0.1, 0.15) is 0 Å². The van der Waals surface area contributed by atoms with Crippen LogP contribution in [0.5, 0.6) is 0 Å². The Labute approximate surface area is 115 Å². The van der Waals surface area contributed by atoms with Crippen molar-refractivity contribution in [2.75, 3.05) is 19.6 Å². The normalized spacial score (nSPS) is 18.2. The zero-order valence-electron chi connectivity index (χ0n) is 12.7. The summed E-state index contributed by atoms with van der Waals surface area (Å²) in [5, 5.41) is 0. The second-order valence-electron chi connectivity index (χ2n) is 5.80. The summed E-state index contributed by atoms with van der Waals surface area (Å²) >= 11 is 0. The molecular formula is C17H33N. The minimum Gasteiger partial charge on any atom is -0.299 e. The van der Waals surface area contributed by atoms with Crippen LogP contribution in [0.4, 0.5) is 0 Å². The minimum atomic E-state index is 1.26. The summed E-state index contributed by atoms with van der Waals surface area (Å²) in [6, 6.07) is 0. The first kappa shape index (κ1) is 15.8. The third-order valence-electron chi connectivity index (χ3n) is 3.95. The molecule has 0 radical (unpaired) electrons. The highest BCUT2D eigenvalue weighted by Crippen LogP contribution is 2.16. The van der Waals surface area contributed by atoms with Crippen LogP contribution in [0.25, 0.3) is 0 Å². The quantitative estimate of drug-likeness (QED) is 0.404. The lowest BCUT2D eigenvalue weighted by molar-refractivity contribution is 0.244. The zero-order chi connectivity index (χ0) is 13.1. The molecule has 0 aliphatic carbocycles. The first-order valence-electron chi connectivity index (χ1n) is 8.27. The maximum atomic E-state index is 2.67. The number of nitrogens with zero attached hydrogens (tertiary/aromatic N) is 1. The molecule has 1 nitrogen and oxygen atoms in total. The number of piperidine rings is 1. The zero-order valence-corrected chi connectivity index (χ0v) is 12.7. The van der Waals surface area contributed by atoms with E-state index in [0.717, 1.165) is 0 Å². The number of hydrogen-bond donors (Lipinski definition) is 0. The number of rotatable bonds is 9. The van der Waals surface area contributed by atoms with E-state index in [1.807, 2.05) is 0 Å². The van der Waals surface area contributed by atoms with Crippen LogP contribution in [-0.4, -0.2) is 24.5 Å². The molecule has 106 valence electrons. The van der Waals surface area contributed by atoms with Crippen LogP contribution in [0.3, 0.4) is 0 Å². The Hall–Kier alpha value is -0.300. The van der Waals surface area contributed by atoms with Gasteiger partial charge in [-0.2, -0.15) is 0 Å². The fourth-order valence-electron chi connectivity index (χ4n) is 2.78. The molecule has 0 amide bonds. The van der Waals surface area contributed by atoms with Crippen molar-refractivity contribution >= 4 is 0 Å². The third-order valence-corrected chi connectivity index (χ3v) is 3.95. The van der Waals surface area contributed by atoms with Gasteiger partial charge in [0.15, 0.2) is 0 Å². The molecule has 0 aromatic heterocycles. The molecule has 1 rings (SSSR count). The van der Waals surface area contributed by atoms with Crippen molar-refractivity contribution in [3.05, 3.63) is 11.6 Å². The molecule has 0 atom stereocenters. The van der Waals surface area contributed by atoms with Crippen LogP contribution in [0.2, 0.25) is 0 Å². The summed E-state index contributed by atoms with van der Waals surface area (Å²) in [7, 11) is 0. The number of unbranched alkanes of at least 4 members (excludes halogenated alkanes) is 4. The van der Waals surface area contributed by atoms with Crippen LogP contribution < -0.4 is 0 Å². The highest BCUT2D eigenvalue weighted by molar-refractivity contribution is 5.04. The molecule has 0 unspecified atom stereocenters. The van der Waals surface area contributed by atoms with Crippen molar-refractivity contribution < 1.29 is 0 Å². The summed E-state index contributed by atoms with van der Waals surface area (Å²) < 4.78 is 0. The standard InChI is InChI=1S/C17H33N/c1-3-5-7-9-13-17(12-6-4-2)16-18-14-10-8-11-15-18/h12H,3-11,13-16H2,1-2H3/b17-12+.